The third-order valence-corrected chi connectivity index (χ3v) is 2.45. The highest BCUT2D eigenvalue weighted by atomic mass is 16.5. The van der Waals surface area contributed by atoms with Crippen LogP contribution in [-0.2, 0) is 11.4 Å². The first-order valence-corrected chi connectivity index (χ1v) is 5.23. The fraction of sp³-hybridized carbons (Fsp3) is 0.417. The summed E-state index contributed by atoms with van der Waals surface area (Å²) >= 11 is 0. The molecule has 0 aliphatic rings. The summed E-state index contributed by atoms with van der Waals surface area (Å²) in [6.45, 7) is 3.40. The van der Waals surface area contributed by atoms with Gasteiger partial charge in [0.25, 0.3) is 0 Å². The molecule has 4 nitrogen and oxygen atoms in total. The van der Waals surface area contributed by atoms with Gasteiger partial charge in [-0.25, -0.2) is 0 Å². The fourth-order valence-corrected chi connectivity index (χ4v) is 1.14. The van der Waals surface area contributed by atoms with Crippen LogP contribution in [0.5, 0.6) is 11.5 Å². The van der Waals surface area contributed by atoms with Crippen LogP contribution in [0.3, 0.4) is 0 Å². The van der Waals surface area contributed by atoms with Crippen LogP contribution < -0.4 is 4.74 Å². The summed E-state index contributed by atoms with van der Waals surface area (Å²) < 4.78 is 5.10. The van der Waals surface area contributed by atoms with Gasteiger partial charge < -0.3 is 14.9 Å². The van der Waals surface area contributed by atoms with Crippen molar-refractivity contribution in [1.82, 2.24) is 0 Å². The molecule has 0 aromatic heterocycles. The minimum Gasteiger partial charge on any atom is -0.508 e. The van der Waals surface area contributed by atoms with E-state index in [9.17, 15) is 9.90 Å². The van der Waals surface area contributed by atoms with Crippen LogP contribution in [-0.4, -0.2) is 16.2 Å². The molecule has 0 fully saturated rings. The smallest absolute Gasteiger partial charge is 0.314 e. The normalized spacial score (nSPS) is 12.2. The van der Waals surface area contributed by atoms with Gasteiger partial charge in [0.2, 0.25) is 0 Å². The van der Waals surface area contributed by atoms with Gasteiger partial charge in [-0.05, 0) is 24.6 Å². The van der Waals surface area contributed by atoms with E-state index in [1.165, 1.54) is 18.2 Å². The van der Waals surface area contributed by atoms with E-state index in [1.807, 2.05) is 6.92 Å². The monoisotopic (exact) mass is 224 g/mol. The predicted octanol–water partition coefficient (Wildman–Crippen LogP) is 1.84. The molecule has 0 heterocycles. The number of benzene rings is 1. The fourth-order valence-electron chi connectivity index (χ4n) is 1.14. The van der Waals surface area contributed by atoms with E-state index in [-0.39, 0.29) is 24.2 Å². The maximum atomic E-state index is 11.5. The number of esters is 1. The Labute approximate surface area is 94.5 Å². The molecule has 1 aromatic rings. The van der Waals surface area contributed by atoms with Gasteiger partial charge in [0.05, 0.1) is 12.5 Å². The molecule has 0 bridgehead atoms. The number of aliphatic hydroxyl groups excluding tert-OH is 1. The van der Waals surface area contributed by atoms with Gasteiger partial charge >= 0.3 is 5.97 Å². The maximum Gasteiger partial charge on any atom is 0.314 e. The largest absolute Gasteiger partial charge is 0.508 e. The van der Waals surface area contributed by atoms with Gasteiger partial charge in [-0.3, -0.25) is 4.79 Å². The minimum atomic E-state index is -0.308. The van der Waals surface area contributed by atoms with Crippen molar-refractivity contribution in [2.75, 3.05) is 0 Å². The number of hydrogen-bond acceptors (Lipinski definition) is 4. The lowest BCUT2D eigenvalue weighted by Crippen LogP contribution is -2.16. The first-order valence-electron chi connectivity index (χ1n) is 5.23. The van der Waals surface area contributed by atoms with Crippen LogP contribution >= 0.6 is 0 Å². The number of aliphatic hydroxyl groups is 1. The van der Waals surface area contributed by atoms with E-state index >= 15 is 0 Å². The summed E-state index contributed by atoms with van der Waals surface area (Å²) in [6.07, 6.45) is 0.712. The van der Waals surface area contributed by atoms with E-state index in [2.05, 4.69) is 0 Å². The summed E-state index contributed by atoms with van der Waals surface area (Å²) in [5, 5.41) is 18.3. The van der Waals surface area contributed by atoms with Crippen molar-refractivity contribution < 1.29 is 19.7 Å². The molecule has 1 rings (SSSR count). The summed E-state index contributed by atoms with van der Waals surface area (Å²) in [5.74, 6) is -0.138. The number of carbonyl (C=O) groups is 1. The van der Waals surface area contributed by atoms with Crippen molar-refractivity contribution in [1.29, 1.82) is 0 Å². The van der Waals surface area contributed by atoms with Crippen LogP contribution in [0.1, 0.15) is 25.8 Å². The lowest BCUT2D eigenvalue weighted by Gasteiger charge is -2.10. The molecule has 4 heteroatoms. The second-order valence-electron chi connectivity index (χ2n) is 3.68. The third-order valence-electron chi connectivity index (χ3n) is 2.45. The first-order chi connectivity index (χ1) is 7.58. The second kappa shape index (κ2) is 5.51. The zero-order chi connectivity index (χ0) is 12.1. The number of aromatic hydroxyl groups is 1. The Hall–Kier alpha value is -1.55. The zero-order valence-electron chi connectivity index (χ0n) is 9.43. The molecule has 0 saturated heterocycles. The predicted molar refractivity (Wildman–Crippen MR) is 59.1 cm³/mol. The lowest BCUT2D eigenvalue weighted by atomic mass is 10.1. The Morgan fingerprint density at radius 1 is 1.50 bits per heavy atom. The van der Waals surface area contributed by atoms with E-state index in [4.69, 9.17) is 9.84 Å². The molecule has 0 radical (unpaired) electrons. The molecule has 1 atom stereocenters. The van der Waals surface area contributed by atoms with Crippen LogP contribution in [0.25, 0.3) is 0 Å². The van der Waals surface area contributed by atoms with Gasteiger partial charge in [-0.1, -0.05) is 13.8 Å². The number of carbonyl (C=O) groups excluding carboxylic acids is 1. The van der Waals surface area contributed by atoms with E-state index < -0.39 is 0 Å². The molecule has 0 saturated carbocycles. The van der Waals surface area contributed by atoms with Crippen LogP contribution in [0, 0.1) is 5.92 Å². The Morgan fingerprint density at radius 2 is 2.19 bits per heavy atom. The lowest BCUT2D eigenvalue weighted by molar-refractivity contribution is -0.138. The maximum absolute atomic E-state index is 11.5. The van der Waals surface area contributed by atoms with Gasteiger partial charge in [-0.15, -0.1) is 0 Å². The second-order valence-corrected chi connectivity index (χ2v) is 3.68. The topological polar surface area (TPSA) is 66.8 Å². The van der Waals surface area contributed by atoms with Crippen LogP contribution in [0.4, 0.5) is 0 Å². The van der Waals surface area contributed by atoms with Gasteiger partial charge in [0.1, 0.15) is 11.5 Å². The SMILES string of the molecule is CCC(C)C(=O)Oc1ccc(O)c(CO)c1. The van der Waals surface area contributed by atoms with E-state index in [1.54, 1.807) is 6.92 Å². The van der Waals surface area contributed by atoms with Crippen molar-refractivity contribution in [2.24, 2.45) is 5.92 Å². The van der Waals surface area contributed by atoms with Crippen molar-refractivity contribution in [2.45, 2.75) is 26.9 Å². The number of hydrogen-bond donors (Lipinski definition) is 2. The summed E-state index contributed by atoms with van der Waals surface area (Å²) in [5.41, 5.74) is 0.342. The van der Waals surface area contributed by atoms with Crippen molar-refractivity contribution in [3.8, 4) is 11.5 Å². The minimum absolute atomic E-state index is 0.00848. The van der Waals surface area contributed by atoms with Crippen molar-refractivity contribution >= 4 is 5.97 Å². The Kier molecular flexibility index (Phi) is 4.31. The van der Waals surface area contributed by atoms with E-state index in [0.29, 0.717) is 17.7 Å². The molecule has 0 amide bonds. The van der Waals surface area contributed by atoms with Crippen molar-refractivity contribution in [3.63, 3.8) is 0 Å². The number of rotatable bonds is 4. The van der Waals surface area contributed by atoms with Gasteiger partial charge in [0.15, 0.2) is 0 Å². The van der Waals surface area contributed by atoms with Crippen molar-refractivity contribution in [3.05, 3.63) is 23.8 Å². The number of phenols is 1. The molecule has 88 valence electrons. The highest BCUT2D eigenvalue weighted by molar-refractivity contribution is 5.74. The highest BCUT2D eigenvalue weighted by Crippen LogP contribution is 2.23. The Bertz CT molecular complexity index is 373. The molecular formula is C12H16O4. The molecule has 16 heavy (non-hydrogen) atoms. The molecule has 2 N–H and O–H groups in total. The molecule has 0 spiro atoms. The quantitative estimate of drug-likeness (QED) is 0.605. The molecule has 1 aromatic carbocycles. The van der Waals surface area contributed by atoms with E-state index in [0.717, 1.165) is 0 Å². The Morgan fingerprint density at radius 3 is 2.75 bits per heavy atom. The Balaban J connectivity index is 2.78. The summed E-state index contributed by atoms with van der Waals surface area (Å²) in [6, 6.07) is 4.34. The summed E-state index contributed by atoms with van der Waals surface area (Å²) in [7, 11) is 0. The van der Waals surface area contributed by atoms with Crippen LogP contribution in [0.2, 0.25) is 0 Å². The number of ether oxygens (including phenoxy) is 1. The van der Waals surface area contributed by atoms with Crippen LogP contribution in [0.15, 0.2) is 18.2 Å². The van der Waals surface area contributed by atoms with Gasteiger partial charge in [-0.2, -0.15) is 0 Å². The molecular weight excluding hydrogens is 208 g/mol. The average molecular weight is 224 g/mol. The highest BCUT2D eigenvalue weighted by Gasteiger charge is 2.13. The third kappa shape index (κ3) is 2.97. The summed E-state index contributed by atoms with van der Waals surface area (Å²) in [4.78, 5) is 11.5. The molecule has 1 unspecified atom stereocenters. The van der Waals surface area contributed by atoms with Gasteiger partial charge in [0, 0.05) is 5.56 Å². The first kappa shape index (κ1) is 12.5. The molecule has 0 aliphatic heterocycles. The zero-order valence-corrected chi connectivity index (χ0v) is 9.43. The average Bonchev–Trinajstić information content (AvgIpc) is 2.30. The molecule has 0 aliphatic carbocycles. The standard InChI is InChI=1S/C12H16O4/c1-3-8(2)12(15)16-10-4-5-11(14)9(6-10)7-13/h4-6,8,13-14H,3,7H2,1-2H3.